The van der Waals surface area contributed by atoms with Crippen LogP contribution in [0, 0.1) is 0 Å². The second kappa shape index (κ2) is 9.38. The third-order valence-corrected chi connectivity index (χ3v) is 4.93. The lowest BCUT2D eigenvalue weighted by Gasteiger charge is -2.29. The van der Waals surface area contributed by atoms with Gasteiger partial charge >= 0.3 is 5.97 Å². The molecule has 0 fully saturated rings. The Morgan fingerprint density at radius 1 is 0.871 bits per heavy atom. The van der Waals surface area contributed by atoms with Gasteiger partial charge in [0.25, 0.3) is 5.91 Å². The molecule has 0 bridgehead atoms. The van der Waals surface area contributed by atoms with Crippen LogP contribution in [0.25, 0.3) is 6.08 Å². The van der Waals surface area contributed by atoms with Gasteiger partial charge in [-0.15, -0.1) is 0 Å². The molecule has 5 heteroatoms. The summed E-state index contributed by atoms with van der Waals surface area (Å²) in [5.41, 5.74) is 2.98. The highest BCUT2D eigenvalue weighted by atomic mass is 16.5. The summed E-state index contributed by atoms with van der Waals surface area (Å²) >= 11 is 0. The van der Waals surface area contributed by atoms with Crippen LogP contribution >= 0.6 is 0 Å². The van der Waals surface area contributed by atoms with Crippen LogP contribution in [-0.4, -0.2) is 26.1 Å². The summed E-state index contributed by atoms with van der Waals surface area (Å²) in [6, 6.07) is 12.7. The molecule has 0 aliphatic carbocycles. The molecule has 0 aromatic heterocycles. The number of carbonyl (C=O) groups is 2. The van der Waals surface area contributed by atoms with E-state index in [1.54, 1.807) is 37.5 Å². The average Bonchev–Trinajstić information content (AvgIpc) is 2.71. The summed E-state index contributed by atoms with van der Waals surface area (Å²) in [7, 11) is 2.97. The molecule has 1 amide bonds. The largest absolute Gasteiger partial charge is 0.496 e. The zero-order chi connectivity index (χ0) is 23.4. The molecule has 0 unspecified atom stereocenters. The SMILES string of the molecule is COC(=O)/C(=C/c1cc(C(C)(C)C)c(OC)c(C(C)(C)C)c1)NC(=O)c1ccccc1. The number of ether oxygens (including phenoxy) is 2. The zero-order valence-corrected chi connectivity index (χ0v) is 19.8. The van der Waals surface area contributed by atoms with Crippen molar-refractivity contribution in [1.29, 1.82) is 0 Å². The topological polar surface area (TPSA) is 64.6 Å². The number of hydrogen-bond donors (Lipinski definition) is 1. The van der Waals surface area contributed by atoms with Crippen molar-refractivity contribution in [2.75, 3.05) is 14.2 Å². The van der Waals surface area contributed by atoms with E-state index in [1.807, 2.05) is 18.2 Å². The normalized spacial score (nSPS) is 12.3. The third-order valence-electron chi connectivity index (χ3n) is 4.93. The Kier molecular flexibility index (Phi) is 7.32. The molecular formula is C26H33NO4. The number of hydrogen-bond acceptors (Lipinski definition) is 4. The molecular weight excluding hydrogens is 390 g/mol. The van der Waals surface area contributed by atoms with Gasteiger partial charge in [0, 0.05) is 16.7 Å². The first-order valence-corrected chi connectivity index (χ1v) is 10.3. The van der Waals surface area contributed by atoms with Crippen LogP contribution in [0.4, 0.5) is 0 Å². The molecule has 0 heterocycles. The molecule has 2 aromatic carbocycles. The minimum absolute atomic E-state index is 0.0706. The van der Waals surface area contributed by atoms with Crippen molar-refractivity contribution in [3.8, 4) is 5.75 Å². The van der Waals surface area contributed by atoms with Gasteiger partial charge in [0.15, 0.2) is 0 Å². The van der Waals surface area contributed by atoms with E-state index in [2.05, 4.69) is 46.9 Å². The minimum Gasteiger partial charge on any atom is -0.496 e. The lowest BCUT2D eigenvalue weighted by Crippen LogP contribution is -2.28. The highest BCUT2D eigenvalue weighted by Crippen LogP contribution is 2.40. The number of rotatable bonds is 5. The first kappa shape index (κ1) is 24.2. The van der Waals surface area contributed by atoms with Crippen molar-refractivity contribution in [1.82, 2.24) is 5.32 Å². The number of esters is 1. The summed E-state index contributed by atoms with van der Waals surface area (Å²) in [6.07, 6.45) is 1.65. The number of methoxy groups -OCH3 is 2. The lowest BCUT2D eigenvalue weighted by atomic mass is 9.78. The highest BCUT2D eigenvalue weighted by Gasteiger charge is 2.27. The Balaban J connectivity index is 2.63. The fourth-order valence-electron chi connectivity index (χ4n) is 3.28. The fourth-order valence-corrected chi connectivity index (χ4v) is 3.28. The number of nitrogens with one attached hydrogen (secondary N) is 1. The molecule has 166 valence electrons. The summed E-state index contributed by atoms with van der Waals surface area (Å²) in [5, 5.41) is 2.69. The van der Waals surface area contributed by atoms with Crippen LogP contribution < -0.4 is 10.1 Å². The molecule has 2 rings (SSSR count). The smallest absolute Gasteiger partial charge is 0.354 e. The standard InChI is InChI=1S/C26H33NO4/c1-25(2,3)19-14-17(15-20(22(19)30-7)26(4,5)6)16-21(24(29)31-8)27-23(28)18-12-10-9-11-13-18/h9-16H,1-8H3,(H,27,28)/b21-16-. The molecule has 5 nitrogen and oxygen atoms in total. The summed E-state index contributed by atoms with van der Waals surface area (Å²) < 4.78 is 10.7. The van der Waals surface area contributed by atoms with Gasteiger partial charge < -0.3 is 14.8 Å². The third kappa shape index (κ3) is 5.97. The first-order valence-electron chi connectivity index (χ1n) is 10.3. The molecule has 0 saturated heterocycles. The fraction of sp³-hybridized carbons (Fsp3) is 0.385. The van der Waals surface area contributed by atoms with Crippen LogP contribution in [-0.2, 0) is 20.4 Å². The maximum absolute atomic E-state index is 12.6. The van der Waals surface area contributed by atoms with Gasteiger partial charge in [0.1, 0.15) is 11.4 Å². The van der Waals surface area contributed by atoms with Crippen molar-refractivity contribution >= 4 is 18.0 Å². The summed E-state index contributed by atoms with van der Waals surface area (Å²) in [6.45, 7) is 12.7. The summed E-state index contributed by atoms with van der Waals surface area (Å²) in [5.74, 6) is -0.155. The van der Waals surface area contributed by atoms with E-state index < -0.39 is 5.97 Å². The Bertz CT molecular complexity index is 942. The van der Waals surface area contributed by atoms with E-state index in [4.69, 9.17) is 9.47 Å². The molecule has 0 radical (unpaired) electrons. The summed E-state index contributed by atoms with van der Waals surface area (Å²) in [4.78, 5) is 25.1. The van der Waals surface area contributed by atoms with Gasteiger partial charge in [0.05, 0.1) is 14.2 Å². The lowest BCUT2D eigenvalue weighted by molar-refractivity contribution is -0.136. The van der Waals surface area contributed by atoms with E-state index >= 15 is 0 Å². The van der Waals surface area contributed by atoms with Gasteiger partial charge in [-0.25, -0.2) is 4.79 Å². The average molecular weight is 424 g/mol. The Morgan fingerprint density at radius 2 is 1.39 bits per heavy atom. The molecule has 0 atom stereocenters. The molecule has 31 heavy (non-hydrogen) atoms. The van der Waals surface area contributed by atoms with Crippen molar-refractivity contribution in [3.05, 3.63) is 70.4 Å². The minimum atomic E-state index is -0.616. The van der Waals surface area contributed by atoms with E-state index in [0.717, 1.165) is 22.4 Å². The predicted molar refractivity (Wildman–Crippen MR) is 124 cm³/mol. The number of carbonyl (C=O) groups excluding carboxylic acids is 2. The number of benzene rings is 2. The van der Waals surface area contributed by atoms with Gasteiger partial charge in [-0.3, -0.25) is 4.79 Å². The number of amides is 1. The Hall–Kier alpha value is -3.08. The zero-order valence-electron chi connectivity index (χ0n) is 19.8. The molecule has 0 saturated carbocycles. The van der Waals surface area contributed by atoms with Crippen LogP contribution in [0.3, 0.4) is 0 Å². The van der Waals surface area contributed by atoms with Crippen LogP contribution in [0.2, 0.25) is 0 Å². The molecule has 2 aromatic rings. The maximum Gasteiger partial charge on any atom is 0.354 e. The molecule has 1 N–H and O–H groups in total. The Labute approximate surface area is 185 Å². The second-order valence-electron chi connectivity index (χ2n) is 9.52. The van der Waals surface area contributed by atoms with Crippen LogP contribution in [0.15, 0.2) is 48.2 Å². The monoisotopic (exact) mass is 423 g/mol. The van der Waals surface area contributed by atoms with Gasteiger partial charge in [-0.2, -0.15) is 0 Å². The van der Waals surface area contributed by atoms with Gasteiger partial charge in [-0.1, -0.05) is 59.7 Å². The van der Waals surface area contributed by atoms with E-state index in [0.29, 0.717) is 5.56 Å². The predicted octanol–water partition coefficient (Wildman–Crippen LogP) is 5.23. The maximum atomic E-state index is 12.6. The van der Waals surface area contributed by atoms with E-state index in [9.17, 15) is 9.59 Å². The molecule has 0 aliphatic rings. The van der Waals surface area contributed by atoms with Crippen molar-refractivity contribution < 1.29 is 19.1 Å². The molecule has 0 spiro atoms. The Morgan fingerprint density at radius 3 is 1.81 bits per heavy atom. The highest BCUT2D eigenvalue weighted by molar-refractivity contribution is 6.03. The second-order valence-corrected chi connectivity index (χ2v) is 9.52. The van der Waals surface area contributed by atoms with Crippen LogP contribution in [0.5, 0.6) is 5.75 Å². The van der Waals surface area contributed by atoms with Crippen molar-refractivity contribution in [3.63, 3.8) is 0 Å². The van der Waals surface area contributed by atoms with E-state index in [-0.39, 0.29) is 22.4 Å². The van der Waals surface area contributed by atoms with Gasteiger partial charge in [0.2, 0.25) is 0 Å². The van der Waals surface area contributed by atoms with E-state index in [1.165, 1.54) is 7.11 Å². The first-order chi connectivity index (χ1) is 14.4. The van der Waals surface area contributed by atoms with Crippen LogP contribution in [0.1, 0.15) is 68.6 Å². The quantitative estimate of drug-likeness (QED) is 0.528. The molecule has 0 aliphatic heterocycles. The van der Waals surface area contributed by atoms with Crippen molar-refractivity contribution in [2.24, 2.45) is 0 Å². The van der Waals surface area contributed by atoms with Gasteiger partial charge in [-0.05, 0) is 46.7 Å². The van der Waals surface area contributed by atoms with Crippen molar-refractivity contribution in [2.45, 2.75) is 52.4 Å².